The third kappa shape index (κ3) is 5.07. The zero-order valence-corrected chi connectivity index (χ0v) is 15.5. The van der Waals surface area contributed by atoms with Crippen molar-refractivity contribution in [2.45, 2.75) is 26.8 Å². The van der Waals surface area contributed by atoms with Gasteiger partial charge in [-0.2, -0.15) is 0 Å². The summed E-state index contributed by atoms with van der Waals surface area (Å²) in [6.45, 7) is 6.44. The Kier molecular flexibility index (Phi) is 6.21. The molecule has 4 nitrogen and oxygen atoms in total. The van der Waals surface area contributed by atoms with E-state index in [0.717, 1.165) is 16.7 Å². The Bertz CT molecular complexity index is 698. The summed E-state index contributed by atoms with van der Waals surface area (Å²) in [5.41, 5.74) is 2.92. The Morgan fingerprint density at radius 1 is 1.12 bits per heavy atom. The molecule has 1 atom stereocenters. The van der Waals surface area contributed by atoms with Gasteiger partial charge in [0, 0.05) is 25.6 Å². The van der Waals surface area contributed by atoms with E-state index in [1.54, 1.807) is 11.9 Å². The highest BCUT2D eigenvalue weighted by Crippen LogP contribution is 2.25. The Morgan fingerprint density at radius 3 is 2.32 bits per heavy atom. The van der Waals surface area contributed by atoms with Gasteiger partial charge in [-0.3, -0.25) is 0 Å². The van der Waals surface area contributed by atoms with Gasteiger partial charge in [-0.25, -0.2) is 4.79 Å². The third-order valence-electron chi connectivity index (χ3n) is 4.34. The lowest BCUT2D eigenvalue weighted by molar-refractivity contribution is 0.121. The fourth-order valence-electron chi connectivity index (χ4n) is 2.89. The molecule has 0 heterocycles. The highest BCUT2D eigenvalue weighted by atomic mass is 16.3. The van der Waals surface area contributed by atoms with Crippen LogP contribution in [0.2, 0.25) is 0 Å². The number of benzene rings is 2. The van der Waals surface area contributed by atoms with Crippen LogP contribution in [0.25, 0.3) is 0 Å². The number of carbonyl (C=O) groups is 1. The number of nitrogens with zero attached hydrogens (tertiary/aromatic N) is 1. The maximum Gasteiger partial charge on any atom is 0.317 e. The van der Waals surface area contributed by atoms with Crippen LogP contribution in [0, 0.1) is 12.3 Å². The average molecular weight is 340 g/mol. The van der Waals surface area contributed by atoms with Crippen molar-refractivity contribution in [3.8, 4) is 0 Å². The molecule has 0 aliphatic rings. The van der Waals surface area contributed by atoms with Gasteiger partial charge in [0.2, 0.25) is 0 Å². The Balaban J connectivity index is 2.26. The molecule has 0 saturated carbocycles. The van der Waals surface area contributed by atoms with Crippen LogP contribution >= 0.6 is 0 Å². The van der Waals surface area contributed by atoms with Gasteiger partial charge in [-0.05, 0) is 23.6 Å². The van der Waals surface area contributed by atoms with Crippen LogP contribution in [-0.2, 0) is 0 Å². The normalized spacial score (nSPS) is 12.5. The van der Waals surface area contributed by atoms with Crippen molar-refractivity contribution in [2.24, 2.45) is 5.41 Å². The fourth-order valence-corrected chi connectivity index (χ4v) is 2.89. The summed E-state index contributed by atoms with van der Waals surface area (Å²) >= 11 is 0. The molecule has 0 spiro atoms. The predicted molar refractivity (Wildman–Crippen MR) is 101 cm³/mol. The molecular weight excluding hydrogens is 312 g/mol. The molecule has 0 fully saturated rings. The van der Waals surface area contributed by atoms with Gasteiger partial charge in [0.05, 0.1) is 6.04 Å². The molecule has 25 heavy (non-hydrogen) atoms. The summed E-state index contributed by atoms with van der Waals surface area (Å²) in [4.78, 5) is 14.4. The van der Waals surface area contributed by atoms with E-state index in [2.05, 4.69) is 18.3 Å². The summed E-state index contributed by atoms with van der Waals surface area (Å²) in [5.74, 6) is 0. The number of aliphatic hydroxyl groups excluding tert-OH is 1. The minimum absolute atomic E-state index is 0.0323. The second-order valence-corrected chi connectivity index (χ2v) is 7.33. The Morgan fingerprint density at radius 2 is 1.72 bits per heavy atom. The molecule has 134 valence electrons. The van der Waals surface area contributed by atoms with Gasteiger partial charge >= 0.3 is 6.03 Å². The van der Waals surface area contributed by atoms with E-state index in [0.29, 0.717) is 6.54 Å². The molecule has 0 bridgehead atoms. The smallest absolute Gasteiger partial charge is 0.317 e. The summed E-state index contributed by atoms with van der Waals surface area (Å²) in [5, 5.41) is 12.6. The average Bonchev–Trinajstić information content (AvgIpc) is 2.60. The zero-order valence-electron chi connectivity index (χ0n) is 15.5. The maximum absolute atomic E-state index is 12.7. The van der Waals surface area contributed by atoms with Crippen molar-refractivity contribution in [3.63, 3.8) is 0 Å². The third-order valence-corrected chi connectivity index (χ3v) is 4.34. The number of carbonyl (C=O) groups excluding carboxylic acids is 1. The van der Waals surface area contributed by atoms with Crippen LogP contribution < -0.4 is 5.32 Å². The molecule has 2 amide bonds. The molecule has 0 saturated heterocycles. The van der Waals surface area contributed by atoms with Gasteiger partial charge in [0.15, 0.2) is 0 Å². The number of aliphatic hydroxyl groups is 1. The lowest BCUT2D eigenvalue weighted by atomic mass is 9.94. The molecule has 0 aliphatic carbocycles. The lowest BCUT2D eigenvalue weighted by Crippen LogP contribution is -2.44. The molecule has 2 aromatic carbocycles. The molecule has 2 rings (SSSR count). The minimum atomic E-state index is -0.336. The molecule has 0 aromatic heterocycles. The summed E-state index contributed by atoms with van der Waals surface area (Å²) < 4.78 is 0. The molecular formula is C21H28N2O2. The number of hydrogen-bond acceptors (Lipinski definition) is 2. The predicted octanol–water partition coefficient (Wildman–Crippen LogP) is 3.74. The van der Waals surface area contributed by atoms with Crippen molar-refractivity contribution < 1.29 is 9.90 Å². The van der Waals surface area contributed by atoms with Crippen LogP contribution in [0.4, 0.5) is 4.79 Å². The number of amides is 2. The Hall–Kier alpha value is -2.33. The molecule has 0 radical (unpaired) electrons. The van der Waals surface area contributed by atoms with Crippen molar-refractivity contribution in [1.82, 2.24) is 10.2 Å². The topological polar surface area (TPSA) is 52.6 Å². The number of rotatable bonds is 6. The summed E-state index contributed by atoms with van der Waals surface area (Å²) in [6.07, 6.45) is 0. The van der Waals surface area contributed by atoms with Crippen LogP contribution in [0.1, 0.15) is 36.6 Å². The standard InChI is InChI=1S/C21H28N2O2/c1-16-10-8-9-13-18(16)19(17-11-6-5-7-12-17)22-20(25)23(4)14-21(2,3)15-24/h5-13,19,24H,14-15H2,1-4H3,(H,22,25). The second-order valence-electron chi connectivity index (χ2n) is 7.33. The number of aryl methyl sites for hydroxylation is 1. The van der Waals surface area contributed by atoms with Gasteiger partial charge in [-0.1, -0.05) is 68.4 Å². The number of hydrogen-bond donors (Lipinski definition) is 2. The van der Waals surface area contributed by atoms with Crippen LogP contribution in [0.15, 0.2) is 54.6 Å². The van der Waals surface area contributed by atoms with E-state index in [-0.39, 0.29) is 24.1 Å². The Labute approximate surface area is 150 Å². The number of nitrogens with one attached hydrogen (secondary N) is 1. The van der Waals surface area contributed by atoms with Crippen LogP contribution in [0.3, 0.4) is 0 Å². The largest absolute Gasteiger partial charge is 0.396 e. The van der Waals surface area contributed by atoms with E-state index in [9.17, 15) is 9.90 Å². The second kappa shape index (κ2) is 8.17. The van der Waals surface area contributed by atoms with E-state index < -0.39 is 0 Å². The first-order valence-corrected chi connectivity index (χ1v) is 8.57. The molecule has 4 heteroatoms. The van der Waals surface area contributed by atoms with E-state index in [1.807, 2.05) is 62.4 Å². The van der Waals surface area contributed by atoms with Crippen LogP contribution in [-0.4, -0.2) is 36.2 Å². The van der Waals surface area contributed by atoms with E-state index in [4.69, 9.17) is 0 Å². The highest BCUT2D eigenvalue weighted by Gasteiger charge is 2.24. The zero-order chi connectivity index (χ0) is 18.4. The molecule has 1 unspecified atom stereocenters. The lowest BCUT2D eigenvalue weighted by Gasteiger charge is -2.30. The molecule has 0 aliphatic heterocycles. The first kappa shape index (κ1) is 19.0. The van der Waals surface area contributed by atoms with Gasteiger partial charge in [0.25, 0.3) is 0 Å². The van der Waals surface area contributed by atoms with Crippen molar-refractivity contribution in [3.05, 3.63) is 71.3 Å². The molecule has 2 aromatic rings. The fraction of sp³-hybridized carbons (Fsp3) is 0.381. The first-order valence-electron chi connectivity index (χ1n) is 8.57. The van der Waals surface area contributed by atoms with Crippen LogP contribution in [0.5, 0.6) is 0 Å². The minimum Gasteiger partial charge on any atom is -0.396 e. The van der Waals surface area contributed by atoms with E-state index >= 15 is 0 Å². The first-order chi connectivity index (χ1) is 11.8. The summed E-state index contributed by atoms with van der Waals surface area (Å²) in [7, 11) is 1.76. The van der Waals surface area contributed by atoms with Crippen molar-refractivity contribution in [2.75, 3.05) is 20.2 Å². The van der Waals surface area contributed by atoms with Gasteiger partial charge in [-0.15, -0.1) is 0 Å². The van der Waals surface area contributed by atoms with Gasteiger partial charge < -0.3 is 15.3 Å². The van der Waals surface area contributed by atoms with Crippen molar-refractivity contribution in [1.29, 1.82) is 0 Å². The van der Waals surface area contributed by atoms with E-state index in [1.165, 1.54) is 0 Å². The van der Waals surface area contributed by atoms with Crippen molar-refractivity contribution >= 4 is 6.03 Å². The monoisotopic (exact) mass is 340 g/mol. The highest BCUT2D eigenvalue weighted by molar-refractivity contribution is 5.75. The summed E-state index contributed by atoms with van der Waals surface area (Å²) in [6, 6.07) is 17.7. The maximum atomic E-state index is 12.7. The number of urea groups is 1. The quantitative estimate of drug-likeness (QED) is 0.841. The SMILES string of the molecule is Cc1ccccc1C(NC(=O)N(C)CC(C)(C)CO)c1ccccc1. The van der Waals surface area contributed by atoms with Gasteiger partial charge in [0.1, 0.15) is 0 Å². The molecule has 2 N–H and O–H groups in total.